The highest BCUT2D eigenvalue weighted by atomic mass is 79.9. The van der Waals surface area contributed by atoms with Gasteiger partial charge in [-0.3, -0.25) is 0 Å². The van der Waals surface area contributed by atoms with Gasteiger partial charge in [0.25, 0.3) is 0 Å². The number of furan rings is 1. The van der Waals surface area contributed by atoms with Crippen LogP contribution in [0.5, 0.6) is 0 Å². The van der Waals surface area contributed by atoms with Gasteiger partial charge >= 0.3 is 0 Å². The highest BCUT2D eigenvalue weighted by molar-refractivity contribution is 9.10. The Balaban J connectivity index is 1.93. The van der Waals surface area contributed by atoms with Gasteiger partial charge in [0.2, 0.25) is 0 Å². The van der Waals surface area contributed by atoms with E-state index in [1.54, 1.807) is 12.1 Å². The number of rotatable bonds is 4. The largest absolute Gasteiger partial charge is 0.454 e. The van der Waals surface area contributed by atoms with Gasteiger partial charge in [0.05, 0.1) is 5.02 Å². The number of hydrogen-bond donors (Lipinski definition) is 1. The fourth-order valence-corrected chi connectivity index (χ4v) is 1.91. The lowest BCUT2D eigenvalue weighted by atomic mass is 10.3. The van der Waals surface area contributed by atoms with E-state index in [1.807, 2.05) is 18.2 Å². The zero-order chi connectivity index (χ0) is 13.0. The summed E-state index contributed by atoms with van der Waals surface area (Å²) < 4.78 is 6.08. The van der Waals surface area contributed by atoms with Gasteiger partial charge in [-0.25, -0.2) is 4.98 Å². The molecular weight excluding hydrogens is 318 g/mol. The molecule has 0 atom stereocenters. The molecule has 0 bridgehead atoms. The Morgan fingerprint density at radius 1 is 1.39 bits per heavy atom. The molecule has 0 spiro atoms. The van der Waals surface area contributed by atoms with Crippen LogP contribution >= 0.6 is 27.5 Å². The van der Waals surface area contributed by atoms with E-state index in [0.29, 0.717) is 22.1 Å². The predicted molar refractivity (Wildman–Crippen MR) is 72.6 cm³/mol. The summed E-state index contributed by atoms with van der Waals surface area (Å²) >= 11 is 9.04. The van der Waals surface area contributed by atoms with Crippen LogP contribution in [0.15, 0.2) is 33.4 Å². The van der Waals surface area contributed by atoms with E-state index in [9.17, 15) is 0 Å². The Bertz CT molecular complexity index is 591. The Kier molecular flexibility index (Phi) is 4.24. The van der Waals surface area contributed by atoms with Crippen LogP contribution in [0.2, 0.25) is 5.02 Å². The Morgan fingerprint density at radius 3 is 2.89 bits per heavy atom. The second-order valence-corrected chi connectivity index (χ2v) is 4.71. The van der Waals surface area contributed by atoms with Gasteiger partial charge in [-0.05, 0) is 40.2 Å². The molecule has 2 heterocycles. The van der Waals surface area contributed by atoms with Gasteiger partial charge in [-0.15, -0.1) is 0 Å². The van der Waals surface area contributed by atoms with Gasteiger partial charge in [0.1, 0.15) is 17.6 Å². The van der Waals surface area contributed by atoms with Crippen molar-refractivity contribution in [2.24, 2.45) is 0 Å². The van der Waals surface area contributed by atoms with Crippen LogP contribution in [0.1, 0.15) is 11.5 Å². The third-order valence-corrected chi connectivity index (χ3v) is 2.99. The van der Waals surface area contributed by atoms with Crippen molar-refractivity contribution >= 4 is 33.3 Å². The van der Waals surface area contributed by atoms with Crippen LogP contribution in [0.25, 0.3) is 0 Å². The molecule has 0 amide bonds. The maximum atomic E-state index is 8.80. The number of aromatic nitrogens is 1. The highest BCUT2D eigenvalue weighted by Gasteiger charge is 2.03. The van der Waals surface area contributed by atoms with E-state index in [1.165, 1.54) is 0 Å². The topological polar surface area (TPSA) is 61.9 Å². The zero-order valence-corrected chi connectivity index (χ0v) is 11.6. The number of anilines is 1. The highest BCUT2D eigenvalue weighted by Crippen LogP contribution is 2.16. The van der Waals surface area contributed by atoms with Crippen LogP contribution in [-0.2, 0) is 6.42 Å². The third kappa shape index (κ3) is 3.25. The summed E-state index contributed by atoms with van der Waals surface area (Å²) in [5.41, 5.74) is 0.224. The van der Waals surface area contributed by atoms with Gasteiger partial charge in [0.15, 0.2) is 10.4 Å². The van der Waals surface area contributed by atoms with Crippen molar-refractivity contribution in [1.29, 1.82) is 5.26 Å². The van der Waals surface area contributed by atoms with Gasteiger partial charge in [-0.1, -0.05) is 11.6 Å². The molecule has 0 saturated heterocycles. The fraction of sp³-hybridized carbons (Fsp3) is 0.167. The maximum absolute atomic E-state index is 8.80. The van der Waals surface area contributed by atoms with Crippen molar-refractivity contribution in [1.82, 2.24) is 4.98 Å². The number of nitrogens with one attached hydrogen (secondary N) is 1. The lowest BCUT2D eigenvalue weighted by Gasteiger charge is -2.04. The second-order valence-electron chi connectivity index (χ2n) is 3.52. The van der Waals surface area contributed by atoms with E-state index >= 15 is 0 Å². The molecule has 18 heavy (non-hydrogen) atoms. The molecule has 6 heteroatoms. The zero-order valence-electron chi connectivity index (χ0n) is 9.28. The van der Waals surface area contributed by atoms with Crippen LogP contribution in [-0.4, -0.2) is 11.5 Å². The van der Waals surface area contributed by atoms with E-state index in [-0.39, 0.29) is 5.69 Å². The lowest BCUT2D eigenvalue weighted by Crippen LogP contribution is -2.06. The van der Waals surface area contributed by atoms with Crippen molar-refractivity contribution in [2.45, 2.75) is 6.42 Å². The molecule has 4 nitrogen and oxygen atoms in total. The van der Waals surface area contributed by atoms with Crippen molar-refractivity contribution in [3.63, 3.8) is 0 Å². The van der Waals surface area contributed by atoms with Crippen LogP contribution in [0.4, 0.5) is 5.82 Å². The lowest BCUT2D eigenvalue weighted by molar-refractivity contribution is 0.491. The molecule has 0 radical (unpaired) electrons. The molecule has 0 fully saturated rings. The number of hydrogen-bond acceptors (Lipinski definition) is 4. The summed E-state index contributed by atoms with van der Waals surface area (Å²) in [5, 5.41) is 12.3. The fourth-order valence-electron chi connectivity index (χ4n) is 1.42. The summed E-state index contributed by atoms with van der Waals surface area (Å²) in [5.74, 6) is 1.51. The minimum Gasteiger partial charge on any atom is -0.454 e. The first-order valence-corrected chi connectivity index (χ1v) is 6.41. The first-order valence-electron chi connectivity index (χ1n) is 5.24. The summed E-state index contributed by atoms with van der Waals surface area (Å²) in [6.07, 6.45) is 0.734. The van der Waals surface area contributed by atoms with Crippen LogP contribution < -0.4 is 5.32 Å². The van der Waals surface area contributed by atoms with Gasteiger partial charge < -0.3 is 9.73 Å². The van der Waals surface area contributed by atoms with Gasteiger partial charge in [-0.2, -0.15) is 5.26 Å². The minimum absolute atomic E-state index is 0.224. The molecule has 2 aromatic heterocycles. The minimum atomic E-state index is 0.224. The van der Waals surface area contributed by atoms with E-state index in [0.717, 1.165) is 12.2 Å². The normalized spacial score (nSPS) is 10.1. The standard InChI is InChI=1S/C12H9BrClN3O/c13-11-3-1-8(18-11)5-6-16-12-4-2-9(14)10(7-15)17-12/h1-4H,5-6H2,(H,16,17). The molecule has 2 rings (SSSR count). The summed E-state index contributed by atoms with van der Waals surface area (Å²) in [6.45, 7) is 0.666. The molecular formula is C12H9BrClN3O. The monoisotopic (exact) mass is 325 g/mol. The van der Waals surface area contributed by atoms with E-state index in [2.05, 4.69) is 26.2 Å². The molecule has 1 N–H and O–H groups in total. The van der Waals surface area contributed by atoms with Crippen molar-refractivity contribution in [3.8, 4) is 6.07 Å². The van der Waals surface area contributed by atoms with Gasteiger partial charge in [0, 0.05) is 13.0 Å². The smallest absolute Gasteiger partial charge is 0.169 e. The van der Waals surface area contributed by atoms with Crippen molar-refractivity contribution < 1.29 is 4.42 Å². The maximum Gasteiger partial charge on any atom is 0.169 e. The number of nitriles is 1. The third-order valence-electron chi connectivity index (χ3n) is 2.26. The molecule has 0 aliphatic rings. The molecule has 0 aromatic carbocycles. The quantitative estimate of drug-likeness (QED) is 0.932. The SMILES string of the molecule is N#Cc1nc(NCCc2ccc(Br)o2)ccc1Cl. The van der Waals surface area contributed by atoms with Crippen LogP contribution in [0, 0.1) is 11.3 Å². The van der Waals surface area contributed by atoms with Crippen molar-refractivity contribution in [2.75, 3.05) is 11.9 Å². The summed E-state index contributed by atoms with van der Waals surface area (Å²) in [7, 11) is 0. The average molecular weight is 327 g/mol. The first-order chi connectivity index (χ1) is 8.69. The molecule has 0 aliphatic heterocycles. The molecule has 2 aromatic rings. The molecule has 92 valence electrons. The first kappa shape index (κ1) is 12.9. The van der Waals surface area contributed by atoms with Crippen molar-refractivity contribution in [3.05, 3.63) is 45.4 Å². The van der Waals surface area contributed by atoms with E-state index < -0.39 is 0 Å². The summed E-state index contributed by atoms with van der Waals surface area (Å²) in [6, 6.07) is 9.08. The number of halogens is 2. The second kappa shape index (κ2) is 5.89. The average Bonchev–Trinajstić information content (AvgIpc) is 2.77. The molecule has 0 saturated carbocycles. The Morgan fingerprint density at radius 2 is 2.22 bits per heavy atom. The molecule has 0 unspecified atom stereocenters. The van der Waals surface area contributed by atoms with E-state index in [4.69, 9.17) is 21.3 Å². The Hall–Kier alpha value is -1.51. The predicted octanol–water partition coefficient (Wildman–Crippen LogP) is 3.62. The van der Waals surface area contributed by atoms with Crippen LogP contribution in [0.3, 0.4) is 0 Å². The number of pyridine rings is 1. The molecule has 0 aliphatic carbocycles. The summed E-state index contributed by atoms with van der Waals surface area (Å²) in [4.78, 5) is 4.08. The number of nitrogens with zero attached hydrogens (tertiary/aromatic N) is 2. The Labute approximate surface area is 118 Å².